The maximum absolute atomic E-state index is 14.1. The molecule has 0 amide bonds. The van der Waals surface area contributed by atoms with Gasteiger partial charge in [0.05, 0.1) is 25.1 Å². The van der Waals surface area contributed by atoms with Gasteiger partial charge in [0, 0.05) is 35.6 Å². The monoisotopic (exact) mass is 512 g/mol. The van der Waals surface area contributed by atoms with Crippen LogP contribution >= 0.6 is 11.6 Å². The number of nitrogens with one attached hydrogen (secondary N) is 2. The number of rotatable bonds is 9. The highest BCUT2D eigenvalue weighted by Gasteiger charge is 2.41. The zero-order valence-corrected chi connectivity index (χ0v) is 20.6. The molecule has 0 aromatic heterocycles. The van der Waals surface area contributed by atoms with Gasteiger partial charge in [-0.3, -0.25) is 4.79 Å². The van der Waals surface area contributed by atoms with E-state index >= 15 is 0 Å². The average molecular weight is 513 g/mol. The summed E-state index contributed by atoms with van der Waals surface area (Å²) in [6, 6.07) is 15.7. The fraction of sp³-hybridized carbons (Fsp3) is 0.321. The van der Waals surface area contributed by atoms with Crippen molar-refractivity contribution in [1.82, 2.24) is 0 Å². The summed E-state index contributed by atoms with van der Waals surface area (Å²) in [4.78, 5) is 11.5. The van der Waals surface area contributed by atoms with Gasteiger partial charge < -0.3 is 20.1 Å². The SMILES string of the molecule is COC(=O)CCc1ccc(CC2(c3ccc(Cl)cc3OCC3CC3)Nc3cc(F)c(F)cc3N2)cc1. The Morgan fingerprint density at radius 1 is 1.00 bits per heavy atom. The van der Waals surface area contributed by atoms with E-state index in [-0.39, 0.29) is 5.97 Å². The van der Waals surface area contributed by atoms with E-state index < -0.39 is 17.3 Å². The van der Waals surface area contributed by atoms with E-state index in [1.807, 2.05) is 30.3 Å². The third-order valence-corrected chi connectivity index (χ3v) is 6.90. The molecule has 2 N–H and O–H groups in total. The Morgan fingerprint density at radius 3 is 2.25 bits per heavy atom. The summed E-state index contributed by atoms with van der Waals surface area (Å²) in [6.45, 7) is 0.592. The first-order valence-corrected chi connectivity index (χ1v) is 12.4. The zero-order valence-electron chi connectivity index (χ0n) is 19.9. The number of carbonyl (C=O) groups is 1. The van der Waals surface area contributed by atoms with Gasteiger partial charge >= 0.3 is 5.97 Å². The molecule has 3 aromatic carbocycles. The molecular formula is C28H27ClF2N2O3. The summed E-state index contributed by atoms with van der Waals surface area (Å²) < 4.78 is 39.1. The summed E-state index contributed by atoms with van der Waals surface area (Å²) in [5.41, 5.74) is 2.78. The number of anilines is 2. The number of methoxy groups -OCH3 is 1. The quantitative estimate of drug-likeness (QED) is 0.323. The van der Waals surface area contributed by atoms with Gasteiger partial charge in [-0.15, -0.1) is 0 Å². The summed E-state index contributed by atoms with van der Waals surface area (Å²) in [7, 11) is 1.38. The molecule has 5 rings (SSSR count). The molecule has 1 aliphatic heterocycles. The minimum absolute atomic E-state index is 0.254. The topological polar surface area (TPSA) is 59.6 Å². The highest BCUT2D eigenvalue weighted by atomic mass is 35.5. The lowest BCUT2D eigenvalue weighted by Gasteiger charge is -2.33. The van der Waals surface area contributed by atoms with Crippen LogP contribution in [0.4, 0.5) is 20.2 Å². The fourth-order valence-corrected chi connectivity index (χ4v) is 4.66. The van der Waals surface area contributed by atoms with Crippen LogP contribution in [0, 0.1) is 17.6 Å². The third-order valence-electron chi connectivity index (χ3n) is 6.67. The van der Waals surface area contributed by atoms with Crippen LogP contribution in [0.25, 0.3) is 0 Å². The summed E-state index contributed by atoms with van der Waals surface area (Å²) >= 11 is 6.32. The smallest absolute Gasteiger partial charge is 0.305 e. The molecule has 0 atom stereocenters. The van der Waals surface area contributed by atoms with Gasteiger partial charge in [-0.25, -0.2) is 8.78 Å². The Morgan fingerprint density at radius 2 is 1.64 bits per heavy atom. The lowest BCUT2D eigenvalue weighted by molar-refractivity contribution is -0.140. The van der Waals surface area contributed by atoms with Gasteiger partial charge in [0.25, 0.3) is 0 Å². The average Bonchev–Trinajstić information content (AvgIpc) is 3.63. The Labute approximate surface area is 213 Å². The van der Waals surface area contributed by atoms with Crippen LogP contribution in [-0.2, 0) is 28.0 Å². The number of hydrogen-bond acceptors (Lipinski definition) is 5. The van der Waals surface area contributed by atoms with Gasteiger partial charge in [-0.2, -0.15) is 0 Å². The van der Waals surface area contributed by atoms with E-state index in [1.54, 1.807) is 12.1 Å². The molecule has 1 saturated carbocycles. The summed E-state index contributed by atoms with van der Waals surface area (Å²) in [5, 5.41) is 7.35. The lowest BCUT2D eigenvalue weighted by atomic mass is 9.91. The second kappa shape index (κ2) is 9.97. The molecule has 0 unspecified atom stereocenters. The molecule has 3 aromatic rings. The van der Waals surface area contributed by atoms with Crippen molar-refractivity contribution < 1.29 is 23.0 Å². The van der Waals surface area contributed by atoms with Gasteiger partial charge in [0.1, 0.15) is 11.4 Å². The van der Waals surface area contributed by atoms with Crippen LogP contribution in [-0.4, -0.2) is 19.7 Å². The molecule has 0 radical (unpaired) electrons. The van der Waals surface area contributed by atoms with Crippen molar-refractivity contribution in [1.29, 1.82) is 0 Å². The number of halogens is 3. The third kappa shape index (κ3) is 5.26. The standard InChI is InChI=1S/C28H27ClF2N2O3/c1-35-27(34)11-8-17-2-4-18(5-3-17)15-28(32-24-13-22(30)23(31)14-25(24)33-28)21-10-9-20(29)12-26(21)36-16-19-6-7-19/h2-5,9-10,12-14,19,32-33H,6-8,11,15-16H2,1H3. The van der Waals surface area contributed by atoms with Gasteiger partial charge in [0.2, 0.25) is 0 Å². The first-order chi connectivity index (χ1) is 17.3. The van der Waals surface area contributed by atoms with Gasteiger partial charge in [0.15, 0.2) is 11.6 Å². The molecule has 5 nitrogen and oxygen atoms in total. The molecule has 1 fully saturated rings. The van der Waals surface area contributed by atoms with E-state index in [0.29, 0.717) is 53.9 Å². The number of aryl methyl sites for hydroxylation is 1. The first-order valence-electron chi connectivity index (χ1n) is 12.0. The Balaban J connectivity index is 1.48. The molecule has 0 spiro atoms. The summed E-state index contributed by atoms with van der Waals surface area (Å²) in [6.07, 6.45) is 3.62. The maximum atomic E-state index is 14.1. The number of ether oxygens (including phenoxy) is 2. The highest BCUT2D eigenvalue weighted by Crippen LogP contribution is 2.46. The second-order valence-corrected chi connectivity index (χ2v) is 9.87. The minimum Gasteiger partial charge on any atom is -0.493 e. The normalized spacial score (nSPS) is 15.6. The van der Waals surface area contributed by atoms with E-state index in [9.17, 15) is 13.6 Å². The van der Waals surface area contributed by atoms with Crippen molar-refractivity contribution in [2.75, 3.05) is 24.4 Å². The van der Waals surface area contributed by atoms with Crippen molar-refractivity contribution in [3.8, 4) is 5.75 Å². The van der Waals surface area contributed by atoms with E-state index in [4.69, 9.17) is 21.1 Å². The van der Waals surface area contributed by atoms with Crippen LogP contribution in [0.2, 0.25) is 5.02 Å². The molecule has 0 saturated heterocycles. The maximum Gasteiger partial charge on any atom is 0.305 e. The number of carbonyl (C=O) groups excluding carboxylic acids is 1. The number of hydrogen-bond donors (Lipinski definition) is 2. The van der Waals surface area contributed by atoms with E-state index in [1.165, 1.54) is 7.11 Å². The Bertz CT molecular complexity index is 1250. The van der Waals surface area contributed by atoms with Crippen LogP contribution in [0.5, 0.6) is 5.75 Å². The van der Waals surface area contributed by atoms with E-state index in [2.05, 4.69) is 10.6 Å². The molecule has 188 valence electrons. The second-order valence-electron chi connectivity index (χ2n) is 9.43. The van der Waals surface area contributed by atoms with Crippen LogP contribution in [0.15, 0.2) is 54.6 Å². The van der Waals surface area contributed by atoms with Crippen LogP contribution in [0.1, 0.15) is 36.0 Å². The van der Waals surface area contributed by atoms with Crippen molar-refractivity contribution in [2.24, 2.45) is 5.92 Å². The Hall–Kier alpha value is -3.32. The predicted octanol–water partition coefficient (Wildman–Crippen LogP) is 6.45. The van der Waals surface area contributed by atoms with Gasteiger partial charge in [-0.1, -0.05) is 35.9 Å². The van der Waals surface area contributed by atoms with E-state index in [0.717, 1.165) is 41.7 Å². The molecule has 0 bridgehead atoms. The summed E-state index contributed by atoms with van der Waals surface area (Å²) in [5.74, 6) is -0.936. The Kier molecular flexibility index (Phi) is 6.75. The van der Waals surface area contributed by atoms with Crippen LogP contribution in [0.3, 0.4) is 0 Å². The molecule has 8 heteroatoms. The van der Waals surface area contributed by atoms with Crippen molar-refractivity contribution in [2.45, 2.75) is 37.8 Å². The van der Waals surface area contributed by atoms with Crippen LogP contribution < -0.4 is 15.4 Å². The molecule has 1 aliphatic carbocycles. The number of esters is 1. The molecule has 36 heavy (non-hydrogen) atoms. The highest BCUT2D eigenvalue weighted by molar-refractivity contribution is 6.30. The van der Waals surface area contributed by atoms with Crippen molar-refractivity contribution >= 4 is 28.9 Å². The molecule has 2 aliphatic rings. The zero-order chi connectivity index (χ0) is 25.3. The first kappa shape index (κ1) is 24.4. The lowest BCUT2D eigenvalue weighted by Crippen LogP contribution is -2.41. The predicted molar refractivity (Wildman–Crippen MR) is 135 cm³/mol. The molecule has 1 heterocycles. The van der Waals surface area contributed by atoms with Crippen molar-refractivity contribution in [3.05, 3.63) is 87.9 Å². The largest absolute Gasteiger partial charge is 0.493 e. The fourth-order valence-electron chi connectivity index (χ4n) is 4.50. The number of benzene rings is 3. The molecular weight excluding hydrogens is 486 g/mol. The number of fused-ring (bicyclic) bond motifs is 1. The van der Waals surface area contributed by atoms with Crippen molar-refractivity contribution in [3.63, 3.8) is 0 Å². The van der Waals surface area contributed by atoms with Gasteiger partial charge in [-0.05, 0) is 54.5 Å². The minimum atomic E-state index is -0.931.